The van der Waals surface area contributed by atoms with Crippen LogP contribution >= 0.6 is 0 Å². The van der Waals surface area contributed by atoms with Crippen LogP contribution in [0.5, 0.6) is 0 Å². The van der Waals surface area contributed by atoms with Gasteiger partial charge in [-0.3, -0.25) is 9.59 Å². The minimum Gasteiger partial charge on any atom is -0.352 e. The number of hydrogen-bond acceptors (Lipinski definition) is 3. The number of anilines is 1. The van der Waals surface area contributed by atoms with E-state index in [1.54, 1.807) is 36.4 Å². The summed E-state index contributed by atoms with van der Waals surface area (Å²) >= 11 is 0. The van der Waals surface area contributed by atoms with Gasteiger partial charge in [0.1, 0.15) is 0 Å². The zero-order valence-electron chi connectivity index (χ0n) is 13.4. The Labute approximate surface area is 147 Å². The first-order valence-electron chi connectivity index (χ1n) is 7.55. The highest BCUT2D eigenvalue weighted by atomic mass is 19.4. The molecule has 0 unspecified atom stereocenters. The first-order chi connectivity index (χ1) is 12.3. The highest BCUT2D eigenvalue weighted by Gasteiger charge is 2.34. The molecule has 2 amide bonds. The summed E-state index contributed by atoms with van der Waals surface area (Å²) in [4.78, 5) is 23.7. The van der Waals surface area contributed by atoms with Crippen molar-refractivity contribution in [3.8, 4) is 6.07 Å². The molecule has 0 spiro atoms. The second kappa shape index (κ2) is 8.16. The van der Waals surface area contributed by atoms with E-state index in [1.807, 2.05) is 0 Å². The largest absolute Gasteiger partial charge is 0.418 e. The van der Waals surface area contributed by atoms with Gasteiger partial charge in [-0.15, -0.1) is 0 Å². The van der Waals surface area contributed by atoms with E-state index in [1.165, 1.54) is 6.07 Å². The average molecular weight is 361 g/mol. The lowest BCUT2D eigenvalue weighted by molar-refractivity contribution is -0.137. The maximum Gasteiger partial charge on any atom is 0.418 e. The van der Waals surface area contributed by atoms with Crippen LogP contribution in [0.3, 0.4) is 0 Å². The van der Waals surface area contributed by atoms with E-state index in [4.69, 9.17) is 5.26 Å². The van der Waals surface area contributed by atoms with Gasteiger partial charge in [-0.05, 0) is 30.3 Å². The fourth-order valence-electron chi connectivity index (χ4n) is 2.15. The predicted octanol–water partition coefficient (Wildman–Crippen LogP) is 3.34. The van der Waals surface area contributed by atoms with Gasteiger partial charge in [0, 0.05) is 18.5 Å². The minimum absolute atomic E-state index is 0.0306. The van der Waals surface area contributed by atoms with Gasteiger partial charge < -0.3 is 10.6 Å². The van der Waals surface area contributed by atoms with E-state index < -0.39 is 23.3 Å². The maximum absolute atomic E-state index is 13.0. The molecular formula is C18H14F3N3O2. The quantitative estimate of drug-likeness (QED) is 0.857. The van der Waals surface area contributed by atoms with Crippen LogP contribution in [0.15, 0.2) is 48.5 Å². The van der Waals surface area contributed by atoms with Crippen LogP contribution in [0.1, 0.15) is 27.9 Å². The third-order valence-electron chi connectivity index (χ3n) is 3.40. The third-order valence-corrected chi connectivity index (χ3v) is 3.40. The van der Waals surface area contributed by atoms with Gasteiger partial charge in [-0.25, -0.2) is 0 Å². The van der Waals surface area contributed by atoms with Crippen LogP contribution in [0.2, 0.25) is 0 Å². The summed E-state index contributed by atoms with van der Waals surface area (Å²) in [5, 5.41) is 13.4. The molecule has 26 heavy (non-hydrogen) atoms. The van der Waals surface area contributed by atoms with Crippen molar-refractivity contribution in [2.45, 2.75) is 12.6 Å². The molecule has 2 rings (SSSR count). The van der Waals surface area contributed by atoms with Crippen molar-refractivity contribution in [3.63, 3.8) is 0 Å². The summed E-state index contributed by atoms with van der Waals surface area (Å²) in [6.07, 6.45) is -4.91. The summed E-state index contributed by atoms with van der Waals surface area (Å²) in [7, 11) is 0. The standard InChI is InChI=1S/C18H14F3N3O2/c19-18(20,21)14-10-12(11-22)6-7-15(14)24-16(25)8-9-23-17(26)13-4-2-1-3-5-13/h1-7,10H,8-9H2,(H,23,26)(H,24,25). The van der Waals surface area contributed by atoms with Crippen LogP contribution in [-0.4, -0.2) is 18.4 Å². The molecule has 0 aliphatic carbocycles. The zero-order valence-corrected chi connectivity index (χ0v) is 13.4. The normalized spacial score (nSPS) is 10.7. The van der Waals surface area contributed by atoms with Crippen molar-refractivity contribution in [3.05, 3.63) is 65.2 Å². The van der Waals surface area contributed by atoms with Crippen molar-refractivity contribution in [1.82, 2.24) is 5.32 Å². The Bertz CT molecular complexity index is 843. The summed E-state index contributed by atoms with van der Waals surface area (Å²) in [5.74, 6) is -1.07. The highest BCUT2D eigenvalue weighted by Crippen LogP contribution is 2.35. The minimum atomic E-state index is -4.71. The van der Waals surface area contributed by atoms with Gasteiger partial charge in [0.25, 0.3) is 5.91 Å². The SMILES string of the molecule is N#Cc1ccc(NC(=O)CCNC(=O)c2ccccc2)c(C(F)(F)F)c1. The number of amides is 2. The number of hydrogen-bond donors (Lipinski definition) is 2. The second-order valence-electron chi connectivity index (χ2n) is 5.29. The predicted molar refractivity (Wildman–Crippen MR) is 88.2 cm³/mol. The Kier molecular flexibility index (Phi) is 5.96. The number of rotatable bonds is 5. The molecule has 134 valence electrons. The zero-order chi connectivity index (χ0) is 19.2. The molecule has 5 nitrogen and oxygen atoms in total. The highest BCUT2D eigenvalue weighted by molar-refractivity contribution is 5.95. The number of halogens is 3. The number of nitrogens with zero attached hydrogens (tertiary/aromatic N) is 1. The van der Waals surface area contributed by atoms with Crippen LogP contribution in [0.25, 0.3) is 0 Å². The first-order valence-corrected chi connectivity index (χ1v) is 7.55. The molecule has 8 heteroatoms. The second-order valence-corrected chi connectivity index (χ2v) is 5.29. The number of nitrogens with one attached hydrogen (secondary N) is 2. The molecule has 0 aliphatic heterocycles. The molecule has 2 aromatic rings. The number of carbonyl (C=O) groups is 2. The van der Waals surface area contributed by atoms with Gasteiger partial charge in [-0.1, -0.05) is 18.2 Å². The Hall–Kier alpha value is -3.34. The summed E-state index contributed by atoms with van der Waals surface area (Å²) < 4.78 is 39.1. The smallest absolute Gasteiger partial charge is 0.352 e. The molecule has 0 aromatic heterocycles. The average Bonchev–Trinajstić information content (AvgIpc) is 2.61. The van der Waals surface area contributed by atoms with Crippen molar-refractivity contribution in [1.29, 1.82) is 5.26 Å². The summed E-state index contributed by atoms with van der Waals surface area (Å²) in [5.41, 5.74) is -1.28. The van der Waals surface area contributed by atoms with Crippen molar-refractivity contribution in [2.75, 3.05) is 11.9 Å². The van der Waals surface area contributed by atoms with Gasteiger partial charge in [0.15, 0.2) is 0 Å². The van der Waals surface area contributed by atoms with Crippen LogP contribution in [0.4, 0.5) is 18.9 Å². The Morgan fingerprint density at radius 2 is 1.77 bits per heavy atom. The van der Waals surface area contributed by atoms with Crippen molar-refractivity contribution < 1.29 is 22.8 Å². The topological polar surface area (TPSA) is 82.0 Å². The number of alkyl halides is 3. The lowest BCUT2D eigenvalue weighted by Crippen LogP contribution is -2.28. The number of carbonyl (C=O) groups excluding carboxylic acids is 2. The molecule has 0 fully saturated rings. The molecule has 0 aliphatic rings. The molecule has 0 bridgehead atoms. The first kappa shape index (κ1) is 19.0. The molecule has 0 saturated carbocycles. The van der Waals surface area contributed by atoms with E-state index in [0.717, 1.165) is 6.07 Å². The van der Waals surface area contributed by atoms with E-state index in [0.29, 0.717) is 11.6 Å². The van der Waals surface area contributed by atoms with E-state index in [2.05, 4.69) is 10.6 Å². The van der Waals surface area contributed by atoms with Crippen LogP contribution in [0, 0.1) is 11.3 Å². The van der Waals surface area contributed by atoms with E-state index in [9.17, 15) is 22.8 Å². The number of nitriles is 1. The van der Waals surface area contributed by atoms with Crippen LogP contribution < -0.4 is 10.6 Å². The molecular weight excluding hydrogens is 347 g/mol. The molecule has 0 radical (unpaired) electrons. The molecule has 2 N–H and O–H groups in total. The summed E-state index contributed by atoms with van der Waals surface area (Å²) in [6, 6.07) is 12.8. The Balaban J connectivity index is 1.96. The fraction of sp³-hybridized carbons (Fsp3) is 0.167. The van der Waals surface area contributed by atoms with Crippen molar-refractivity contribution in [2.24, 2.45) is 0 Å². The Morgan fingerprint density at radius 3 is 2.38 bits per heavy atom. The molecule has 0 heterocycles. The third kappa shape index (κ3) is 5.08. The molecule has 0 saturated heterocycles. The van der Waals surface area contributed by atoms with Gasteiger partial charge >= 0.3 is 6.18 Å². The van der Waals surface area contributed by atoms with Crippen molar-refractivity contribution >= 4 is 17.5 Å². The monoisotopic (exact) mass is 361 g/mol. The lowest BCUT2D eigenvalue weighted by Gasteiger charge is -2.14. The van der Waals surface area contributed by atoms with Gasteiger partial charge in [0.2, 0.25) is 5.91 Å². The number of benzene rings is 2. The van der Waals surface area contributed by atoms with Crippen LogP contribution in [-0.2, 0) is 11.0 Å². The fourth-order valence-corrected chi connectivity index (χ4v) is 2.15. The molecule has 0 atom stereocenters. The molecule has 2 aromatic carbocycles. The van der Waals surface area contributed by atoms with E-state index >= 15 is 0 Å². The summed E-state index contributed by atoms with van der Waals surface area (Å²) in [6.45, 7) is -0.0306. The lowest BCUT2D eigenvalue weighted by atomic mass is 10.1. The van der Waals surface area contributed by atoms with E-state index in [-0.39, 0.29) is 24.4 Å². The Morgan fingerprint density at radius 1 is 1.08 bits per heavy atom. The van der Waals surface area contributed by atoms with Gasteiger partial charge in [0.05, 0.1) is 22.9 Å². The van der Waals surface area contributed by atoms with Gasteiger partial charge in [-0.2, -0.15) is 18.4 Å². The maximum atomic E-state index is 13.0.